The molecule has 0 spiro atoms. The molecule has 8 heteroatoms. The summed E-state index contributed by atoms with van der Waals surface area (Å²) in [6, 6.07) is 13.5. The molecule has 134 valence electrons. The van der Waals surface area contributed by atoms with Crippen LogP contribution < -0.4 is 14.2 Å². The maximum atomic E-state index is 5.44. The molecule has 2 aromatic heterocycles. The van der Waals surface area contributed by atoms with Gasteiger partial charge in [-0.1, -0.05) is 29.5 Å². The number of fused-ring (bicyclic) bond motifs is 2. The summed E-state index contributed by atoms with van der Waals surface area (Å²) in [7, 11) is 1.65. The Kier molecular flexibility index (Phi) is 3.75. The Labute approximate surface area is 158 Å². The van der Waals surface area contributed by atoms with Gasteiger partial charge in [-0.05, 0) is 42.0 Å². The highest BCUT2D eigenvalue weighted by Crippen LogP contribution is 2.35. The molecule has 1 aliphatic rings. The van der Waals surface area contributed by atoms with Gasteiger partial charge in [-0.2, -0.15) is 9.61 Å². The monoisotopic (exact) mass is 378 g/mol. The van der Waals surface area contributed by atoms with Gasteiger partial charge in [0.2, 0.25) is 11.8 Å². The Hall–Kier alpha value is -3.39. The Morgan fingerprint density at radius 1 is 1.04 bits per heavy atom. The SMILES string of the molecule is COc1ccc(C=Cc2nn3c(-c4ccc5c(c4)OCO5)nnc3s2)cc1. The quantitative estimate of drug-likeness (QED) is 0.538. The minimum atomic E-state index is 0.241. The summed E-state index contributed by atoms with van der Waals surface area (Å²) in [5.41, 5.74) is 1.94. The lowest BCUT2D eigenvalue weighted by Crippen LogP contribution is -1.93. The summed E-state index contributed by atoms with van der Waals surface area (Å²) >= 11 is 1.48. The third-order valence-electron chi connectivity index (χ3n) is 4.17. The molecule has 0 fully saturated rings. The van der Waals surface area contributed by atoms with E-state index in [9.17, 15) is 0 Å². The maximum absolute atomic E-state index is 5.44. The largest absolute Gasteiger partial charge is 0.497 e. The third kappa shape index (κ3) is 2.89. The second-order valence-electron chi connectivity index (χ2n) is 5.83. The van der Waals surface area contributed by atoms with Crippen LogP contribution >= 0.6 is 11.3 Å². The molecule has 0 bridgehead atoms. The topological polar surface area (TPSA) is 70.8 Å². The van der Waals surface area contributed by atoms with E-state index < -0.39 is 0 Å². The standard InChI is InChI=1S/C19H14N4O3S/c1-24-14-6-2-12(3-7-14)4-9-17-22-23-18(20-21-19(23)27-17)13-5-8-15-16(10-13)26-11-25-15/h2-10H,11H2,1H3. The Morgan fingerprint density at radius 2 is 1.89 bits per heavy atom. The highest BCUT2D eigenvalue weighted by atomic mass is 32.1. The number of aromatic nitrogens is 4. The van der Waals surface area contributed by atoms with Crippen LogP contribution in [0.1, 0.15) is 10.6 Å². The van der Waals surface area contributed by atoms with Crippen LogP contribution in [0.25, 0.3) is 28.5 Å². The van der Waals surface area contributed by atoms with E-state index >= 15 is 0 Å². The number of benzene rings is 2. The van der Waals surface area contributed by atoms with Crippen LogP contribution in [0.15, 0.2) is 42.5 Å². The third-order valence-corrected chi connectivity index (χ3v) is 5.04. The van der Waals surface area contributed by atoms with Crippen molar-refractivity contribution in [3.05, 3.63) is 53.0 Å². The molecule has 5 rings (SSSR count). The number of nitrogens with zero attached hydrogens (tertiary/aromatic N) is 4. The molecule has 0 atom stereocenters. The van der Waals surface area contributed by atoms with Crippen LogP contribution in [0.3, 0.4) is 0 Å². The van der Waals surface area contributed by atoms with Crippen LogP contribution in [0.4, 0.5) is 0 Å². The molecular formula is C19H14N4O3S. The fraction of sp³-hybridized carbons (Fsp3) is 0.105. The second kappa shape index (κ2) is 6.40. The van der Waals surface area contributed by atoms with E-state index in [2.05, 4.69) is 15.3 Å². The molecule has 0 saturated carbocycles. The van der Waals surface area contributed by atoms with Gasteiger partial charge < -0.3 is 14.2 Å². The summed E-state index contributed by atoms with van der Waals surface area (Å²) in [6.07, 6.45) is 3.97. The fourth-order valence-corrected chi connectivity index (χ4v) is 3.54. The molecule has 0 radical (unpaired) electrons. The van der Waals surface area contributed by atoms with Crippen LogP contribution in [-0.2, 0) is 0 Å². The zero-order valence-electron chi connectivity index (χ0n) is 14.3. The summed E-state index contributed by atoms with van der Waals surface area (Å²) in [5, 5.41) is 14.0. The minimum Gasteiger partial charge on any atom is -0.497 e. The maximum Gasteiger partial charge on any atom is 0.235 e. The molecule has 2 aromatic carbocycles. The van der Waals surface area contributed by atoms with E-state index in [1.54, 1.807) is 11.6 Å². The average molecular weight is 378 g/mol. The van der Waals surface area contributed by atoms with Gasteiger partial charge in [-0.3, -0.25) is 0 Å². The second-order valence-corrected chi connectivity index (χ2v) is 6.82. The van der Waals surface area contributed by atoms with Crippen LogP contribution in [-0.4, -0.2) is 33.7 Å². The van der Waals surface area contributed by atoms with Crippen molar-refractivity contribution in [2.45, 2.75) is 0 Å². The van der Waals surface area contributed by atoms with Crippen molar-refractivity contribution in [2.75, 3.05) is 13.9 Å². The van der Waals surface area contributed by atoms with Gasteiger partial charge in [-0.25, -0.2) is 0 Å². The molecule has 7 nitrogen and oxygen atoms in total. The van der Waals surface area contributed by atoms with Gasteiger partial charge in [0, 0.05) is 5.56 Å². The first-order chi connectivity index (χ1) is 13.3. The molecule has 0 unspecified atom stereocenters. The molecular weight excluding hydrogens is 364 g/mol. The van der Waals surface area contributed by atoms with Crippen molar-refractivity contribution >= 4 is 28.4 Å². The normalized spacial score (nSPS) is 12.9. The van der Waals surface area contributed by atoms with E-state index in [0.717, 1.165) is 32.6 Å². The minimum absolute atomic E-state index is 0.241. The Balaban J connectivity index is 1.45. The first-order valence-corrected chi connectivity index (χ1v) is 9.06. The number of rotatable bonds is 4. The number of hydrogen-bond acceptors (Lipinski definition) is 7. The van der Waals surface area contributed by atoms with Crippen LogP contribution in [0.2, 0.25) is 0 Å². The zero-order chi connectivity index (χ0) is 18.2. The van der Waals surface area contributed by atoms with E-state index in [0.29, 0.717) is 11.6 Å². The highest BCUT2D eigenvalue weighted by molar-refractivity contribution is 7.17. The van der Waals surface area contributed by atoms with Gasteiger partial charge in [0.25, 0.3) is 0 Å². The van der Waals surface area contributed by atoms with Crippen molar-refractivity contribution in [3.63, 3.8) is 0 Å². The zero-order valence-corrected chi connectivity index (χ0v) is 15.1. The number of hydrogen-bond donors (Lipinski definition) is 0. The van der Waals surface area contributed by atoms with Gasteiger partial charge in [-0.15, -0.1) is 10.2 Å². The van der Waals surface area contributed by atoms with Gasteiger partial charge in [0.05, 0.1) is 7.11 Å². The fourth-order valence-electron chi connectivity index (χ4n) is 2.80. The van der Waals surface area contributed by atoms with Crippen molar-refractivity contribution < 1.29 is 14.2 Å². The van der Waals surface area contributed by atoms with Crippen molar-refractivity contribution in [3.8, 4) is 28.6 Å². The molecule has 27 heavy (non-hydrogen) atoms. The van der Waals surface area contributed by atoms with Gasteiger partial charge in [0.1, 0.15) is 10.8 Å². The average Bonchev–Trinajstić information content (AvgIpc) is 3.41. The smallest absolute Gasteiger partial charge is 0.235 e. The summed E-state index contributed by atoms with van der Waals surface area (Å²) in [4.78, 5) is 0.733. The van der Waals surface area contributed by atoms with E-state index in [-0.39, 0.29) is 6.79 Å². The summed E-state index contributed by atoms with van der Waals surface area (Å²) in [5.74, 6) is 2.95. The highest BCUT2D eigenvalue weighted by Gasteiger charge is 2.18. The summed E-state index contributed by atoms with van der Waals surface area (Å²) < 4.78 is 17.7. The van der Waals surface area contributed by atoms with Crippen molar-refractivity contribution in [2.24, 2.45) is 0 Å². The molecule has 1 aliphatic heterocycles. The van der Waals surface area contributed by atoms with Crippen LogP contribution in [0, 0.1) is 0 Å². The number of methoxy groups -OCH3 is 1. The van der Waals surface area contributed by atoms with Gasteiger partial charge >= 0.3 is 0 Å². The predicted octanol–water partition coefficient (Wildman–Crippen LogP) is 3.76. The first kappa shape index (κ1) is 15.8. The lowest BCUT2D eigenvalue weighted by atomic mass is 10.2. The van der Waals surface area contributed by atoms with E-state index in [4.69, 9.17) is 14.2 Å². The van der Waals surface area contributed by atoms with Crippen molar-refractivity contribution in [1.82, 2.24) is 19.8 Å². The molecule has 0 aliphatic carbocycles. The molecule has 3 heterocycles. The van der Waals surface area contributed by atoms with Crippen LogP contribution in [0.5, 0.6) is 17.2 Å². The lowest BCUT2D eigenvalue weighted by molar-refractivity contribution is 0.174. The molecule has 0 N–H and O–H groups in total. The Morgan fingerprint density at radius 3 is 2.74 bits per heavy atom. The van der Waals surface area contributed by atoms with E-state index in [1.807, 2.05) is 54.6 Å². The number of ether oxygens (including phenoxy) is 3. The first-order valence-electron chi connectivity index (χ1n) is 8.24. The molecule has 0 amide bonds. The predicted molar refractivity (Wildman–Crippen MR) is 102 cm³/mol. The molecule has 0 saturated heterocycles. The summed E-state index contributed by atoms with van der Waals surface area (Å²) in [6.45, 7) is 0.241. The van der Waals surface area contributed by atoms with Crippen molar-refractivity contribution in [1.29, 1.82) is 0 Å². The Bertz CT molecular complexity index is 1150. The lowest BCUT2D eigenvalue weighted by Gasteiger charge is -1.99. The van der Waals surface area contributed by atoms with E-state index in [1.165, 1.54) is 11.3 Å². The van der Waals surface area contributed by atoms with Gasteiger partial charge in [0.15, 0.2) is 17.3 Å². The molecule has 4 aromatic rings.